The molecule has 2 aromatic rings. The van der Waals surface area contributed by atoms with E-state index in [2.05, 4.69) is 35.0 Å². The summed E-state index contributed by atoms with van der Waals surface area (Å²) < 4.78 is 7.36. The molecule has 34 heavy (non-hydrogen) atoms. The first-order valence-corrected chi connectivity index (χ1v) is 11.6. The highest BCUT2D eigenvalue weighted by atomic mass is 32.1. The van der Waals surface area contributed by atoms with E-state index in [1.807, 2.05) is 29.9 Å². The molecule has 0 saturated carbocycles. The molecule has 2 aromatic heterocycles. The average molecular weight is 478 g/mol. The highest BCUT2D eigenvalue weighted by Gasteiger charge is 2.27. The van der Waals surface area contributed by atoms with Crippen molar-refractivity contribution in [3.8, 4) is 6.07 Å². The van der Waals surface area contributed by atoms with Gasteiger partial charge in [0.15, 0.2) is 0 Å². The Labute approximate surface area is 203 Å². The molecular formula is C25H27N5O3S. The Kier molecular flexibility index (Phi) is 8.60. The second kappa shape index (κ2) is 11.8. The van der Waals surface area contributed by atoms with Gasteiger partial charge in [0.2, 0.25) is 5.91 Å². The van der Waals surface area contributed by atoms with Gasteiger partial charge in [0.05, 0.1) is 18.7 Å². The summed E-state index contributed by atoms with van der Waals surface area (Å²) >= 11 is 1.40. The maximum Gasteiger partial charge on any atom is 0.407 e. The summed E-state index contributed by atoms with van der Waals surface area (Å²) in [5.74, 6) is -0.185. The second-order valence-electron chi connectivity index (χ2n) is 7.83. The Hall–Kier alpha value is -3.90. The first-order valence-electron chi connectivity index (χ1n) is 10.8. The van der Waals surface area contributed by atoms with Crippen LogP contribution < -0.4 is 10.6 Å². The number of rotatable bonds is 9. The fourth-order valence-electron chi connectivity index (χ4n) is 3.68. The molecule has 0 spiro atoms. The van der Waals surface area contributed by atoms with Gasteiger partial charge in [-0.25, -0.2) is 4.79 Å². The Morgan fingerprint density at radius 1 is 1.44 bits per heavy atom. The number of hydrogen-bond acceptors (Lipinski definition) is 6. The summed E-state index contributed by atoms with van der Waals surface area (Å²) in [6.07, 6.45) is 9.66. The number of carbonyl (C=O) groups excluding carboxylic acids is 2. The lowest BCUT2D eigenvalue weighted by Crippen LogP contribution is -2.28. The van der Waals surface area contributed by atoms with Crippen LogP contribution in [0.25, 0.3) is 0 Å². The molecule has 2 N–H and O–H groups in total. The number of aromatic nitrogens is 1. The van der Waals surface area contributed by atoms with Crippen molar-refractivity contribution >= 4 is 35.1 Å². The van der Waals surface area contributed by atoms with Crippen molar-refractivity contribution in [1.29, 1.82) is 5.26 Å². The standard InChI is InChI=1S/C25H27N5O3S/c1-4-17(14-27-2)8-10-23(31)29-24-21(13-26)20-9-7-18(12-22(20)34-24)16-33-25(32)28-15-19-6-5-11-30(19)3/h4-6,8,10-11,14,18H,1-2,7,9,12,15-16H2,3H3,(H,28,32)(H,29,31)/b10-8+,17-14+. The number of nitriles is 1. The fourth-order valence-corrected chi connectivity index (χ4v) is 5.00. The van der Waals surface area contributed by atoms with Crippen molar-refractivity contribution in [2.75, 3.05) is 11.9 Å². The van der Waals surface area contributed by atoms with E-state index < -0.39 is 6.09 Å². The van der Waals surface area contributed by atoms with Crippen LogP contribution in [0, 0.1) is 17.2 Å². The lowest BCUT2D eigenvalue weighted by molar-refractivity contribution is -0.111. The van der Waals surface area contributed by atoms with Gasteiger partial charge < -0.3 is 19.9 Å². The number of allylic oxidation sites excluding steroid dienone is 3. The topological polar surface area (TPSA) is 109 Å². The monoisotopic (exact) mass is 477 g/mol. The first kappa shape index (κ1) is 24.7. The molecule has 2 heterocycles. The quantitative estimate of drug-likeness (QED) is 0.320. The Morgan fingerprint density at radius 2 is 2.26 bits per heavy atom. The molecular weight excluding hydrogens is 450 g/mol. The van der Waals surface area contributed by atoms with Gasteiger partial charge in [0, 0.05) is 36.1 Å². The maximum atomic E-state index is 12.4. The summed E-state index contributed by atoms with van der Waals surface area (Å²) in [6, 6.07) is 6.08. The number of nitrogens with one attached hydrogen (secondary N) is 2. The molecule has 0 fully saturated rings. The number of aryl methyl sites for hydroxylation is 1. The van der Waals surface area contributed by atoms with Crippen LogP contribution in [0.3, 0.4) is 0 Å². The molecule has 1 aliphatic carbocycles. The van der Waals surface area contributed by atoms with Gasteiger partial charge >= 0.3 is 6.09 Å². The minimum atomic E-state index is -0.449. The normalized spacial score (nSPS) is 15.3. The van der Waals surface area contributed by atoms with E-state index in [9.17, 15) is 14.9 Å². The molecule has 0 aliphatic heterocycles. The Balaban J connectivity index is 1.56. The van der Waals surface area contributed by atoms with E-state index in [1.54, 1.807) is 12.2 Å². The highest BCUT2D eigenvalue weighted by Crippen LogP contribution is 2.39. The van der Waals surface area contributed by atoms with E-state index in [-0.39, 0.29) is 11.8 Å². The molecule has 3 rings (SSSR count). The molecule has 8 nitrogen and oxygen atoms in total. The third kappa shape index (κ3) is 6.33. The van der Waals surface area contributed by atoms with Crippen LogP contribution >= 0.6 is 11.3 Å². The number of fused-ring (bicyclic) bond motifs is 1. The maximum absolute atomic E-state index is 12.4. The molecule has 1 aliphatic rings. The minimum Gasteiger partial charge on any atom is -0.449 e. The zero-order chi connectivity index (χ0) is 24.5. The van der Waals surface area contributed by atoms with Crippen molar-refractivity contribution in [2.45, 2.75) is 25.8 Å². The third-order valence-corrected chi connectivity index (χ3v) is 6.70. The average Bonchev–Trinajstić information content (AvgIpc) is 3.40. The van der Waals surface area contributed by atoms with E-state index in [0.29, 0.717) is 42.1 Å². The minimum absolute atomic E-state index is 0.161. The van der Waals surface area contributed by atoms with Crippen LogP contribution in [0.1, 0.15) is 28.1 Å². The van der Waals surface area contributed by atoms with E-state index >= 15 is 0 Å². The van der Waals surface area contributed by atoms with Crippen molar-refractivity contribution in [2.24, 2.45) is 18.0 Å². The summed E-state index contributed by atoms with van der Waals surface area (Å²) in [7, 11) is 1.92. The predicted molar refractivity (Wildman–Crippen MR) is 134 cm³/mol. The lowest BCUT2D eigenvalue weighted by Gasteiger charge is -2.21. The number of carbonyl (C=O) groups is 2. The molecule has 1 unspecified atom stereocenters. The van der Waals surface area contributed by atoms with Gasteiger partial charge in [0.1, 0.15) is 11.1 Å². The van der Waals surface area contributed by atoms with Gasteiger partial charge in [-0.05, 0) is 61.2 Å². The molecule has 0 saturated heterocycles. The van der Waals surface area contributed by atoms with Crippen molar-refractivity contribution in [3.05, 3.63) is 76.6 Å². The van der Waals surface area contributed by atoms with Gasteiger partial charge in [-0.1, -0.05) is 12.7 Å². The number of ether oxygens (including phenoxy) is 1. The molecule has 2 amide bonds. The number of aliphatic imine (C=N–C) groups is 1. The molecule has 9 heteroatoms. The number of alkyl carbamates (subject to hydrolysis) is 1. The summed E-state index contributed by atoms with van der Waals surface area (Å²) in [4.78, 5) is 29.1. The van der Waals surface area contributed by atoms with Crippen LogP contribution in [0.5, 0.6) is 0 Å². The van der Waals surface area contributed by atoms with Crippen LogP contribution in [0.4, 0.5) is 9.80 Å². The second-order valence-corrected chi connectivity index (χ2v) is 8.93. The van der Waals surface area contributed by atoms with Crippen LogP contribution in [-0.4, -0.2) is 29.9 Å². The van der Waals surface area contributed by atoms with Gasteiger partial charge in [0.25, 0.3) is 0 Å². The van der Waals surface area contributed by atoms with Crippen LogP contribution in [-0.2, 0) is 36.0 Å². The largest absolute Gasteiger partial charge is 0.449 e. The van der Waals surface area contributed by atoms with Crippen LogP contribution in [0.15, 0.2) is 59.9 Å². The van der Waals surface area contributed by atoms with E-state index in [0.717, 1.165) is 22.6 Å². The summed E-state index contributed by atoms with van der Waals surface area (Å²) in [5.41, 5.74) is 3.11. The number of hydrogen-bond donors (Lipinski definition) is 2. The SMILES string of the molecule is C=CC(/C=C/C(=O)Nc1sc2c(c1C#N)CCC(COC(=O)NCc1cccn1C)C2)=C\N=C. The Bertz CT molecular complexity index is 1180. The molecule has 0 aromatic carbocycles. The third-order valence-electron chi connectivity index (χ3n) is 5.53. The molecule has 176 valence electrons. The predicted octanol–water partition coefficient (Wildman–Crippen LogP) is 4.25. The fraction of sp³-hybridized carbons (Fsp3) is 0.280. The van der Waals surface area contributed by atoms with Crippen molar-refractivity contribution in [1.82, 2.24) is 9.88 Å². The molecule has 1 atom stereocenters. The van der Waals surface area contributed by atoms with Crippen molar-refractivity contribution in [3.63, 3.8) is 0 Å². The van der Waals surface area contributed by atoms with E-state index in [1.165, 1.54) is 23.6 Å². The number of nitrogens with zero attached hydrogens (tertiary/aromatic N) is 3. The Morgan fingerprint density at radius 3 is 2.94 bits per heavy atom. The van der Waals surface area contributed by atoms with Gasteiger partial charge in [-0.2, -0.15) is 5.26 Å². The van der Waals surface area contributed by atoms with Crippen molar-refractivity contribution < 1.29 is 14.3 Å². The van der Waals surface area contributed by atoms with Gasteiger partial charge in [-0.15, -0.1) is 11.3 Å². The number of amides is 2. The summed E-state index contributed by atoms with van der Waals surface area (Å²) in [6.45, 7) is 7.74. The molecule has 0 bridgehead atoms. The highest BCUT2D eigenvalue weighted by molar-refractivity contribution is 7.16. The van der Waals surface area contributed by atoms with Gasteiger partial charge in [-0.3, -0.25) is 9.79 Å². The number of anilines is 1. The number of thiophene rings is 1. The smallest absolute Gasteiger partial charge is 0.407 e. The van der Waals surface area contributed by atoms with Crippen LogP contribution in [0.2, 0.25) is 0 Å². The molecule has 0 radical (unpaired) electrons. The zero-order valence-electron chi connectivity index (χ0n) is 19.0. The first-order chi connectivity index (χ1) is 16.4. The lowest BCUT2D eigenvalue weighted by atomic mass is 9.88. The summed E-state index contributed by atoms with van der Waals surface area (Å²) in [5, 5.41) is 15.8. The zero-order valence-corrected chi connectivity index (χ0v) is 19.9. The van der Waals surface area contributed by atoms with E-state index in [4.69, 9.17) is 4.74 Å².